The van der Waals surface area contributed by atoms with E-state index in [1.807, 2.05) is 0 Å². The molecule has 4 rings (SSSR count). The van der Waals surface area contributed by atoms with Gasteiger partial charge in [0.2, 0.25) is 11.6 Å². The molecule has 1 aliphatic rings. The number of nitrogens with one attached hydrogen (secondary N) is 1. The van der Waals surface area contributed by atoms with Gasteiger partial charge in [0, 0.05) is 42.8 Å². The maximum atomic E-state index is 12.5. The van der Waals surface area contributed by atoms with Crippen molar-refractivity contribution in [1.82, 2.24) is 14.9 Å². The number of hydrogen-bond donors (Lipinski definition) is 1. The average molecular weight is 477 g/mol. The van der Waals surface area contributed by atoms with Crippen molar-refractivity contribution >= 4 is 46.4 Å². The molecule has 3 heterocycles. The highest BCUT2D eigenvalue weighted by molar-refractivity contribution is 6.34. The Morgan fingerprint density at radius 3 is 2.50 bits per heavy atom. The van der Waals surface area contributed by atoms with Crippen LogP contribution in [0.1, 0.15) is 16.1 Å². The van der Waals surface area contributed by atoms with Crippen LogP contribution < -0.4 is 10.2 Å². The lowest BCUT2D eigenvalue weighted by atomic mass is 10.2. The SMILES string of the molecule is O=C(c1ccco1)N1CCN(c2ncnc(NCc3cc(Cl)cc(Cl)c3)c2[N+](=O)[O-])CC1. The fourth-order valence-electron chi connectivity index (χ4n) is 3.47. The summed E-state index contributed by atoms with van der Waals surface area (Å²) in [5, 5.41) is 15.8. The number of benzene rings is 1. The van der Waals surface area contributed by atoms with Gasteiger partial charge in [0.05, 0.1) is 11.2 Å². The number of piperazine rings is 1. The van der Waals surface area contributed by atoms with E-state index in [9.17, 15) is 14.9 Å². The minimum atomic E-state index is -0.511. The Labute approximate surface area is 192 Å². The second kappa shape index (κ2) is 9.41. The molecule has 1 fully saturated rings. The highest BCUT2D eigenvalue weighted by Gasteiger charge is 2.31. The zero-order valence-corrected chi connectivity index (χ0v) is 18.2. The first-order valence-corrected chi connectivity index (χ1v) is 10.4. The van der Waals surface area contributed by atoms with Crippen LogP contribution in [-0.4, -0.2) is 51.9 Å². The summed E-state index contributed by atoms with van der Waals surface area (Å²) in [4.78, 5) is 35.4. The zero-order valence-electron chi connectivity index (χ0n) is 16.7. The first-order chi connectivity index (χ1) is 15.4. The molecule has 32 heavy (non-hydrogen) atoms. The van der Waals surface area contributed by atoms with E-state index in [1.165, 1.54) is 12.6 Å². The number of nitro groups is 1. The summed E-state index contributed by atoms with van der Waals surface area (Å²) in [5.74, 6) is 0.334. The molecule has 0 unspecified atom stereocenters. The standard InChI is InChI=1S/C20H18Cl2N6O4/c21-14-8-13(9-15(22)10-14)11-23-18-17(28(30)31)19(25-12-24-18)26-3-5-27(6-4-26)20(29)16-2-1-7-32-16/h1-2,7-10,12H,3-6,11H2,(H,23,24,25). The van der Waals surface area contributed by atoms with Crippen molar-refractivity contribution in [2.75, 3.05) is 36.4 Å². The van der Waals surface area contributed by atoms with Gasteiger partial charge in [-0.05, 0) is 35.9 Å². The van der Waals surface area contributed by atoms with E-state index >= 15 is 0 Å². The lowest BCUT2D eigenvalue weighted by Crippen LogP contribution is -2.49. The number of furan rings is 1. The van der Waals surface area contributed by atoms with Gasteiger partial charge in [0.15, 0.2) is 5.76 Å². The van der Waals surface area contributed by atoms with Crippen LogP contribution in [0.3, 0.4) is 0 Å². The van der Waals surface area contributed by atoms with Crippen LogP contribution in [0.25, 0.3) is 0 Å². The minimum Gasteiger partial charge on any atom is -0.459 e. The highest BCUT2D eigenvalue weighted by Crippen LogP contribution is 2.33. The van der Waals surface area contributed by atoms with E-state index in [0.29, 0.717) is 36.2 Å². The second-order valence-electron chi connectivity index (χ2n) is 7.04. The number of amides is 1. The minimum absolute atomic E-state index is 0.0881. The molecule has 12 heteroatoms. The van der Waals surface area contributed by atoms with E-state index < -0.39 is 4.92 Å². The van der Waals surface area contributed by atoms with Crippen LogP contribution in [0.15, 0.2) is 47.3 Å². The Morgan fingerprint density at radius 2 is 1.88 bits per heavy atom. The molecule has 2 aromatic heterocycles. The summed E-state index contributed by atoms with van der Waals surface area (Å²) in [6.07, 6.45) is 2.72. The van der Waals surface area contributed by atoms with Gasteiger partial charge in [-0.1, -0.05) is 23.2 Å². The molecule has 0 aliphatic carbocycles. The molecular weight excluding hydrogens is 459 g/mol. The number of carbonyl (C=O) groups excluding carboxylic acids is 1. The lowest BCUT2D eigenvalue weighted by Gasteiger charge is -2.34. The molecule has 166 valence electrons. The van der Waals surface area contributed by atoms with E-state index in [2.05, 4.69) is 15.3 Å². The third-order valence-electron chi connectivity index (χ3n) is 4.97. The second-order valence-corrected chi connectivity index (χ2v) is 7.91. The zero-order chi connectivity index (χ0) is 22.7. The van der Waals surface area contributed by atoms with Crippen molar-refractivity contribution in [2.24, 2.45) is 0 Å². The van der Waals surface area contributed by atoms with Crippen LogP contribution in [0, 0.1) is 10.1 Å². The fraction of sp³-hybridized carbons (Fsp3) is 0.250. The summed E-state index contributed by atoms with van der Waals surface area (Å²) >= 11 is 12.0. The number of carbonyl (C=O) groups is 1. The third kappa shape index (κ3) is 4.76. The summed E-state index contributed by atoms with van der Waals surface area (Å²) in [6.45, 7) is 1.76. The van der Waals surface area contributed by atoms with Gasteiger partial charge in [0.25, 0.3) is 5.91 Å². The molecule has 10 nitrogen and oxygen atoms in total. The van der Waals surface area contributed by atoms with Crippen LogP contribution in [0.4, 0.5) is 17.3 Å². The predicted octanol–water partition coefficient (Wildman–Crippen LogP) is 3.86. The molecule has 0 spiro atoms. The van der Waals surface area contributed by atoms with Gasteiger partial charge in [-0.2, -0.15) is 0 Å². The van der Waals surface area contributed by atoms with E-state index in [4.69, 9.17) is 27.6 Å². The topological polar surface area (TPSA) is 118 Å². The van der Waals surface area contributed by atoms with Crippen molar-refractivity contribution in [2.45, 2.75) is 6.54 Å². The summed E-state index contributed by atoms with van der Waals surface area (Å²) in [5.41, 5.74) is 0.522. The molecular formula is C20H18Cl2N6O4. The molecule has 3 aromatic rings. The largest absolute Gasteiger partial charge is 0.459 e. The molecule has 0 radical (unpaired) electrons. The maximum absolute atomic E-state index is 12.5. The van der Waals surface area contributed by atoms with Crippen LogP contribution in [-0.2, 0) is 6.54 Å². The number of nitrogens with zero attached hydrogens (tertiary/aromatic N) is 5. The predicted molar refractivity (Wildman–Crippen MR) is 119 cm³/mol. The highest BCUT2D eigenvalue weighted by atomic mass is 35.5. The molecule has 0 bridgehead atoms. The van der Waals surface area contributed by atoms with Gasteiger partial charge >= 0.3 is 5.69 Å². The summed E-state index contributed by atoms with van der Waals surface area (Å²) < 4.78 is 5.16. The van der Waals surface area contributed by atoms with Gasteiger partial charge in [-0.25, -0.2) is 9.97 Å². The fourth-order valence-corrected chi connectivity index (χ4v) is 4.05. The molecule has 0 atom stereocenters. The Hall–Kier alpha value is -3.37. The van der Waals surface area contributed by atoms with Crippen LogP contribution in [0.2, 0.25) is 10.0 Å². The Morgan fingerprint density at radius 1 is 1.16 bits per heavy atom. The smallest absolute Gasteiger partial charge is 0.353 e. The maximum Gasteiger partial charge on any atom is 0.353 e. The average Bonchev–Trinajstić information content (AvgIpc) is 3.31. The van der Waals surface area contributed by atoms with Crippen LogP contribution in [0.5, 0.6) is 0 Å². The van der Waals surface area contributed by atoms with E-state index in [-0.39, 0.29) is 35.5 Å². The normalized spacial score (nSPS) is 13.8. The number of aromatic nitrogens is 2. The molecule has 1 aromatic carbocycles. The van der Waals surface area contributed by atoms with Crippen molar-refractivity contribution in [1.29, 1.82) is 0 Å². The Bertz CT molecular complexity index is 1110. The van der Waals surface area contributed by atoms with Gasteiger partial charge in [-0.3, -0.25) is 14.9 Å². The van der Waals surface area contributed by atoms with Gasteiger partial charge in [-0.15, -0.1) is 0 Å². The van der Waals surface area contributed by atoms with Gasteiger partial charge < -0.3 is 19.5 Å². The number of anilines is 2. The molecule has 1 N–H and O–H groups in total. The number of hydrogen-bond acceptors (Lipinski definition) is 8. The first-order valence-electron chi connectivity index (χ1n) is 9.68. The quantitative estimate of drug-likeness (QED) is 0.420. The van der Waals surface area contributed by atoms with Crippen molar-refractivity contribution in [3.63, 3.8) is 0 Å². The summed E-state index contributed by atoms with van der Waals surface area (Å²) in [6, 6.07) is 8.29. The van der Waals surface area contributed by atoms with E-state index in [0.717, 1.165) is 5.56 Å². The van der Waals surface area contributed by atoms with Crippen molar-refractivity contribution in [3.8, 4) is 0 Å². The summed E-state index contributed by atoms with van der Waals surface area (Å²) in [7, 11) is 0. The molecule has 1 amide bonds. The Balaban J connectivity index is 1.49. The van der Waals surface area contributed by atoms with Crippen molar-refractivity contribution < 1.29 is 14.1 Å². The molecule has 0 saturated carbocycles. The van der Waals surface area contributed by atoms with E-state index in [1.54, 1.807) is 40.1 Å². The third-order valence-corrected chi connectivity index (χ3v) is 5.40. The monoisotopic (exact) mass is 476 g/mol. The van der Waals surface area contributed by atoms with Crippen molar-refractivity contribution in [3.05, 3.63) is 74.4 Å². The molecule has 1 aliphatic heterocycles. The first kappa shape index (κ1) is 21.8. The lowest BCUT2D eigenvalue weighted by molar-refractivity contribution is -0.383. The number of rotatable bonds is 6. The van der Waals surface area contributed by atoms with Crippen LogP contribution >= 0.6 is 23.2 Å². The Kier molecular flexibility index (Phi) is 6.42. The van der Waals surface area contributed by atoms with Gasteiger partial charge in [0.1, 0.15) is 6.33 Å². The molecule has 1 saturated heterocycles. The number of halogens is 2.